The predicted molar refractivity (Wildman–Crippen MR) is 43.3 cm³/mol. The van der Waals surface area contributed by atoms with Crippen LogP contribution in [0.15, 0.2) is 10.9 Å². The summed E-state index contributed by atoms with van der Waals surface area (Å²) in [6, 6.07) is 0.446. The Hall–Kier alpha value is -1.86. The average molecular weight is 218 g/mol. The number of alkyl halides is 3. The van der Waals surface area contributed by atoms with E-state index >= 15 is 0 Å². The highest BCUT2D eigenvalue weighted by Crippen LogP contribution is 2.27. The van der Waals surface area contributed by atoms with E-state index in [2.05, 4.69) is 15.1 Å². The van der Waals surface area contributed by atoms with Gasteiger partial charge in [-0.05, 0) is 6.92 Å². The highest BCUT2D eigenvalue weighted by molar-refractivity contribution is 5.29. The average Bonchev–Trinajstić information content (AvgIpc) is 2.41. The first kappa shape index (κ1) is 9.69. The molecule has 0 saturated carbocycles. The molecule has 0 atom stereocenters. The van der Waals surface area contributed by atoms with Crippen molar-refractivity contribution in [3.8, 4) is 0 Å². The van der Waals surface area contributed by atoms with Crippen LogP contribution in [0.2, 0.25) is 0 Å². The predicted octanol–water partition coefficient (Wildman–Crippen LogP) is 0.745. The van der Waals surface area contributed by atoms with E-state index < -0.39 is 17.4 Å². The summed E-state index contributed by atoms with van der Waals surface area (Å²) in [5.41, 5.74) is -2.00. The lowest BCUT2D eigenvalue weighted by atomic mass is 10.4. The van der Waals surface area contributed by atoms with E-state index in [0.29, 0.717) is 10.6 Å². The Morgan fingerprint density at radius 3 is 2.73 bits per heavy atom. The molecule has 0 amide bonds. The number of nitrogens with zero attached hydrogens (tertiary/aromatic N) is 3. The van der Waals surface area contributed by atoms with Gasteiger partial charge in [0.05, 0.1) is 0 Å². The molecule has 0 spiro atoms. The first-order valence-corrected chi connectivity index (χ1v) is 3.92. The summed E-state index contributed by atoms with van der Waals surface area (Å²) >= 11 is 0. The minimum Gasteiger partial charge on any atom is -0.291 e. The number of aryl methyl sites for hydroxylation is 1. The number of hydrogen-bond donors (Lipinski definition) is 1. The number of H-pyrrole nitrogens is 1. The number of aromatic nitrogens is 4. The Kier molecular flexibility index (Phi) is 1.82. The van der Waals surface area contributed by atoms with Crippen LogP contribution in [0.3, 0.4) is 0 Å². The highest BCUT2D eigenvalue weighted by Gasteiger charge is 2.35. The Bertz CT molecular complexity index is 568. The van der Waals surface area contributed by atoms with Gasteiger partial charge < -0.3 is 0 Å². The molecule has 2 aromatic heterocycles. The van der Waals surface area contributed by atoms with Crippen molar-refractivity contribution in [2.75, 3.05) is 0 Å². The molecule has 8 heteroatoms. The Morgan fingerprint density at radius 2 is 2.13 bits per heavy atom. The summed E-state index contributed by atoms with van der Waals surface area (Å²) in [5.74, 6) is -0.0605. The van der Waals surface area contributed by atoms with Crippen molar-refractivity contribution in [3.05, 3.63) is 27.9 Å². The van der Waals surface area contributed by atoms with Gasteiger partial charge in [0.1, 0.15) is 5.82 Å². The molecule has 80 valence electrons. The first-order valence-electron chi connectivity index (χ1n) is 3.92. The lowest BCUT2D eigenvalue weighted by Crippen LogP contribution is -2.19. The summed E-state index contributed by atoms with van der Waals surface area (Å²) in [6.45, 7) is 1.44. The van der Waals surface area contributed by atoms with Crippen LogP contribution in [0.5, 0.6) is 0 Å². The molecular formula is C7H5F3N4O. The molecule has 0 bridgehead atoms. The molecule has 0 unspecified atom stereocenters. The molecule has 2 aromatic rings. The van der Waals surface area contributed by atoms with Crippen LogP contribution >= 0.6 is 0 Å². The molecule has 2 heterocycles. The lowest BCUT2D eigenvalue weighted by Gasteiger charge is -2.06. The zero-order chi connectivity index (χ0) is 11.2. The normalized spacial score (nSPS) is 12.3. The second-order valence-electron chi connectivity index (χ2n) is 2.91. The molecule has 15 heavy (non-hydrogen) atoms. The number of rotatable bonds is 0. The van der Waals surface area contributed by atoms with Crippen molar-refractivity contribution < 1.29 is 13.2 Å². The Morgan fingerprint density at radius 1 is 1.47 bits per heavy atom. The second-order valence-corrected chi connectivity index (χ2v) is 2.91. The van der Waals surface area contributed by atoms with E-state index in [1.165, 1.54) is 6.92 Å². The smallest absolute Gasteiger partial charge is 0.291 e. The van der Waals surface area contributed by atoms with Gasteiger partial charge in [0.2, 0.25) is 5.78 Å². The SMILES string of the molecule is Cc1nc2[nH]c(=O)cc(C(F)(F)F)n2n1. The molecule has 0 aliphatic carbocycles. The van der Waals surface area contributed by atoms with Gasteiger partial charge in [-0.25, -0.2) is 0 Å². The number of fused-ring (bicyclic) bond motifs is 1. The van der Waals surface area contributed by atoms with Crippen molar-refractivity contribution in [1.29, 1.82) is 0 Å². The summed E-state index contributed by atoms with van der Waals surface area (Å²) in [4.78, 5) is 16.7. The molecule has 0 aromatic carbocycles. The highest BCUT2D eigenvalue weighted by atomic mass is 19.4. The molecule has 0 aliphatic rings. The fraction of sp³-hybridized carbons (Fsp3) is 0.286. The van der Waals surface area contributed by atoms with Crippen LogP contribution in [0.4, 0.5) is 13.2 Å². The maximum absolute atomic E-state index is 12.5. The maximum atomic E-state index is 12.5. The van der Waals surface area contributed by atoms with Crippen LogP contribution in [0.1, 0.15) is 11.5 Å². The molecule has 0 saturated heterocycles. The van der Waals surface area contributed by atoms with Crippen LogP contribution in [0, 0.1) is 6.92 Å². The number of hydrogen-bond acceptors (Lipinski definition) is 3. The molecule has 1 N–H and O–H groups in total. The standard InChI is InChI=1S/C7H5F3N4O/c1-3-11-6-12-5(15)2-4(7(8,9)10)14(6)13-3/h2H,1H3,(H,11,12,13,15). The number of aromatic amines is 1. The molecule has 0 fully saturated rings. The van der Waals surface area contributed by atoms with Crippen molar-refractivity contribution in [2.45, 2.75) is 13.1 Å². The molecule has 0 radical (unpaired) electrons. The minimum atomic E-state index is -4.63. The van der Waals surface area contributed by atoms with Crippen LogP contribution < -0.4 is 5.56 Å². The first-order chi connectivity index (χ1) is 6.88. The van der Waals surface area contributed by atoms with Gasteiger partial charge in [0.15, 0.2) is 5.69 Å². The van der Waals surface area contributed by atoms with Crippen molar-refractivity contribution in [2.24, 2.45) is 0 Å². The third kappa shape index (κ3) is 1.58. The van der Waals surface area contributed by atoms with Crippen molar-refractivity contribution >= 4 is 5.78 Å². The summed E-state index contributed by atoms with van der Waals surface area (Å²) in [5, 5.41) is 3.54. The monoisotopic (exact) mass is 218 g/mol. The van der Waals surface area contributed by atoms with E-state index in [1.807, 2.05) is 0 Å². The van der Waals surface area contributed by atoms with E-state index in [-0.39, 0.29) is 11.6 Å². The summed E-state index contributed by atoms with van der Waals surface area (Å²) in [7, 11) is 0. The van der Waals surface area contributed by atoms with Gasteiger partial charge in [0.25, 0.3) is 5.56 Å². The number of halogens is 3. The van der Waals surface area contributed by atoms with E-state index in [9.17, 15) is 18.0 Å². The number of nitrogens with one attached hydrogen (secondary N) is 1. The zero-order valence-corrected chi connectivity index (χ0v) is 7.46. The topological polar surface area (TPSA) is 63.0 Å². The summed E-state index contributed by atoms with van der Waals surface area (Å²) < 4.78 is 38.0. The van der Waals surface area contributed by atoms with Gasteiger partial charge in [-0.3, -0.25) is 9.78 Å². The Labute approximate surface area is 80.6 Å². The quantitative estimate of drug-likeness (QED) is 0.709. The van der Waals surface area contributed by atoms with Crippen molar-refractivity contribution in [3.63, 3.8) is 0 Å². The summed E-state index contributed by atoms with van der Waals surface area (Å²) in [6.07, 6.45) is -4.63. The van der Waals surface area contributed by atoms with E-state index in [0.717, 1.165) is 0 Å². The van der Waals surface area contributed by atoms with Gasteiger partial charge in [-0.15, -0.1) is 5.10 Å². The van der Waals surface area contributed by atoms with E-state index in [4.69, 9.17) is 0 Å². The minimum absolute atomic E-state index is 0.155. The largest absolute Gasteiger partial charge is 0.433 e. The van der Waals surface area contributed by atoms with E-state index in [1.54, 1.807) is 0 Å². The van der Waals surface area contributed by atoms with Crippen LogP contribution in [0.25, 0.3) is 5.78 Å². The third-order valence-electron chi connectivity index (χ3n) is 1.73. The fourth-order valence-electron chi connectivity index (χ4n) is 1.20. The van der Waals surface area contributed by atoms with Gasteiger partial charge in [-0.2, -0.15) is 22.7 Å². The van der Waals surface area contributed by atoms with Gasteiger partial charge in [-0.1, -0.05) is 0 Å². The van der Waals surface area contributed by atoms with Gasteiger partial charge >= 0.3 is 6.18 Å². The third-order valence-corrected chi connectivity index (χ3v) is 1.73. The van der Waals surface area contributed by atoms with Gasteiger partial charge in [0, 0.05) is 6.07 Å². The molecule has 5 nitrogen and oxygen atoms in total. The van der Waals surface area contributed by atoms with Crippen molar-refractivity contribution in [1.82, 2.24) is 19.6 Å². The maximum Gasteiger partial charge on any atom is 0.433 e. The molecule has 0 aliphatic heterocycles. The zero-order valence-electron chi connectivity index (χ0n) is 7.46. The van der Waals surface area contributed by atoms with Crippen LogP contribution in [-0.4, -0.2) is 19.6 Å². The Balaban J connectivity index is 2.88. The lowest BCUT2D eigenvalue weighted by molar-refractivity contribution is -0.142. The van der Waals surface area contributed by atoms with Crippen LogP contribution in [-0.2, 0) is 6.18 Å². The second kappa shape index (κ2) is 2.81. The molecular weight excluding hydrogens is 213 g/mol. The fourth-order valence-corrected chi connectivity index (χ4v) is 1.20. The molecule has 2 rings (SSSR count).